The lowest BCUT2D eigenvalue weighted by molar-refractivity contribution is -0.137. The number of pyridine rings is 1. The van der Waals surface area contributed by atoms with Crippen LogP contribution in [0.3, 0.4) is 0 Å². The van der Waals surface area contributed by atoms with Crippen molar-refractivity contribution in [1.82, 2.24) is 10.3 Å². The fraction of sp³-hybridized carbons (Fsp3) is 0.556. The lowest BCUT2D eigenvalue weighted by Crippen LogP contribution is -2.39. The number of hydrogen-bond donors (Lipinski definition) is 1. The Hall–Kier alpha value is -3.04. The smallest absolute Gasteiger partial charge is 0.417 e. The molecule has 0 amide bonds. The number of aromatic nitrogens is 1. The van der Waals surface area contributed by atoms with Gasteiger partial charge in [0.25, 0.3) is 0 Å². The van der Waals surface area contributed by atoms with Crippen LogP contribution in [-0.4, -0.2) is 37.3 Å². The molecule has 1 aliphatic carbocycles. The molecule has 1 atom stereocenters. The van der Waals surface area contributed by atoms with Crippen molar-refractivity contribution in [2.75, 3.05) is 20.8 Å². The van der Waals surface area contributed by atoms with E-state index in [1.807, 2.05) is 26.0 Å². The van der Waals surface area contributed by atoms with Crippen LogP contribution in [0.5, 0.6) is 17.2 Å². The minimum Gasteiger partial charge on any atom is -0.493 e. The molecule has 6 nitrogen and oxygen atoms in total. The topological polar surface area (TPSA) is 65.0 Å². The number of hydrogen-bond acceptors (Lipinski definition) is 6. The van der Waals surface area contributed by atoms with Crippen LogP contribution >= 0.6 is 0 Å². The average Bonchev–Trinajstić information content (AvgIpc) is 3.37. The molecule has 1 unspecified atom stereocenters. The summed E-state index contributed by atoms with van der Waals surface area (Å²) in [7, 11) is 3.01. The molecule has 0 spiro atoms. The Balaban J connectivity index is 1.43. The lowest BCUT2D eigenvalue weighted by atomic mass is 9.74. The van der Waals surface area contributed by atoms with Crippen molar-refractivity contribution in [3.05, 3.63) is 47.3 Å². The number of rotatable bonds is 8. The van der Waals surface area contributed by atoms with E-state index >= 15 is 0 Å². The highest BCUT2D eigenvalue weighted by molar-refractivity contribution is 5.86. The molecular formula is C27H33F4N3O3. The van der Waals surface area contributed by atoms with Crippen molar-refractivity contribution < 1.29 is 31.8 Å². The Morgan fingerprint density at radius 2 is 1.73 bits per heavy atom. The quantitative estimate of drug-likeness (QED) is 0.412. The number of alkyl halides is 4. The molecule has 1 fully saturated rings. The van der Waals surface area contributed by atoms with Gasteiger partial charge in [-0.2, -0.15) is 13.2 Å². The summed E-state index contributed by atoms with van der Waals surface area (Å²) in [5, 5.41) is 3.50. The third-order valence-corrected chi connectivity index (χ3v) is 7.41. The molecule has 0 saturated heterocycles. The van der Waals surface area contributed by atoms with E-state index in [0.29, 0.717) is 42.3 Å². The number of methoxy groups -OCH3 is 2. The van der Waals surface area contributed by atoms with Crippen molar-refractivity contribution in [1.29, 1.82) is 0 Å². The molecular weight excluding hydrogens is 490 g/mol. The second-order valence-electron chi connectivity index (χ2n) is 9.97. The van der Waals surface area contributed by atoms with Crippen molar-refractivity contribution >= 4 is 5.84 Å². The van der Waals surface area contributed by atoms with Gasteiger partial charge in [-0.1, -0.05) is 13.8 Å². The molecule has 1 aromatic heterocycles. The van der Waals surface area contributed by atoms with E-state index in [1.165, 1.54) is 20.3 Å². The van der Waals surface area contributed by atoms with Gasteiger partial charge >= 0.3 is 6.18 Å². The first kappa shape index (κ1) is 27.0. The highest BCUT2D eigenvalue weighted by atomic mass is 19.4. The van der Waals surface area contributed by atoms with Gasteiger partial charge in [0, 0.05) is 12.1 Å². The monoisotopic (exact) mass is 523 g/mol. The van der Waals surface area contributed by atoms with Gasteiger partial charge in [-0.05, 0) is 61.4 Å². The molecule has 1 saturated carbocycles. The summed E-state index contributed by atoms with van der Waals surface area (Å²) in [5.41, 5.74) is -0.690. The standard InChI is InChI=1S/C27H33F4N3O3/c1-16(2)26(28)9-7-17(8-10-26)25-33-14-21(34-25)18-11-22(35-3)24(23(12-18)36-4)37-15-20-6-5-19(13-32-20)27(29,30)31/h5-6,11-13,16-17,21H,7-10,14-15H2,1-4H3,(H,33,34). The van der Waals surface area contributed by atoms with E-state index in [9.17, 15) is 17.6 Å². The molecule has 1 aromatic carbocycles. The summed E-state index contributed by atoms with van der Waals surface area (Å²) in [5.74, 6) is 2.32. The number of aliphatic imine (C=N–C) groups is 1. The molecule has 202 valence electrons. The third-order valence-electron chi connectivity index (χ3n) is 7.41. The summed E-state index contributed by atoms with van der Waals surface area (Å²) < 4.78 is 70.3. The fourth-order valence-corrected chi connectivity index (χ4v) is 4.91. The number of benzene rings is 1. The second kappa shape index (κ2) is 10.8. The Kier molecular flexibility index (Phi) is 7.85. The second-order valence-corrected chi connectivity index (χ2v) is 9.97. The number of halogens is 4. The van der Waals surface area contributed by atoms with Crippen LogP contribution < -0.4 is 19.5 Å². The summed E-state index contributed by atoms with van der Waals surface area (Å²) in [6.07, 6.45) is -1.04. The molecule has 0 radical (unpaired) electrons. The number of amidine groups is 1. The van der Waals surface area contributed by atoms with Crippen LogP contribution in [0.15, 0.2) is 35.5 Å². The van der Waals surface area contributed by atoms with Crippen molar-refractivity contribution in [2.45, 2.75) is 64.0 Å². The van der Waals surface area contributed by atoms with Gasteiger partial charge in [0.15, 0.2) is 11.5 Å². The molecule has 0 bridgehead atoms. The van der Waals surface area contributed by atoms with Gasteiger partial charge in [0.05, 0.1) is 38.1 Å². The zero-order chi connectivity index (χ0) is 26.8. The molecule has 2 heterocycles. The van der Waals surface area contributed by atoms with Gasteiger partial charge in [0.2, 0.25) is 5.75 Å². The maximum atomic E-state index is 15.0. The Morgan fingerprint density at radius 3 is 2.24 bits per heavy atom. The van der Waals surface area contributed by atoms with E-state index < -0.39 is 17.4 Å². The van der Waals surface area contributed by atoms with Crippen LogP contribution in [0.2, 0.25) is 0 Å². The van der Waals surface area contributed by atoms with Gasteiger partial charge in [0.1, 0.15) is 18.1 Å². The zero-order valence-electron chi connectivity index (χ0n) is 21.5. The molecule has 1 aliphatic heterocycles. The first-order valence-electron chi connectivity index (χ1n) is 12.4. The highest BCUT2D eigenvalue weighted by Gasteiger charge is 2.40. The lowest BCUT2D eigenvalue weighted by Gasteiger charge is -2.37. The van der Waals surface area contributed by atoms with Crippen molar-refractivity contribution in [2.24, 2.45) is 16.8 Å². The largest absolute Gasteiger partial charge is 0.493 e. The van der Waals surface area contributed by atoms with Crippen LogP contribution in [0.25, 0.3) is 0 Å². The molecule has 4 rings (SSSR count). The van der Waals surface area contributed by atoms with Crippen LogP contribution in [0.4, 0.5) is 17.6 Å². The Bertz CT molecular complexity index is 1090. The fourth-order valence-electron chi connectivity index (χ4n) is 4.91. The molecule has 37 heavy (non-hydrogen) atoms. The SMILES string of the molecule is COc1cc(C2CN=C(C3CCC(F)(C(C)C)CC3)N2)cc(OC)c1OCc1ccc(C(F)(F)F)cn1. The van der Waals surface area contributed by atoms with Gasteiger partial charge < -0.3 is 19.5 Å². The van der Waals surface area contributed by atoms with Crippen molar-refractivity contribution in [3.63, 3.8) is 0 Å². The van der Waals surface area contributed by atoms with Crippen LogP contribution in [0.1, 0.15) is 62.4 Å². The minimum atomic E-state index is -4.45. The summed E-state index contributed by atoms with van der Waals surface area (Å²) in [6.45, 7) is 4.36. The Labute approximate surface area is 214 Å². The maximum Gasteiger partial charge on any atom is 0.417 e. The predicted molar refractivity (Wildman–Crippen MR) is 132 cm³/mol. The molecule has 10 heteroatoms. The van der Waals surface area contributed by atoms with Crippen LogP contribution in [0, 0.1) is 11.8 Å². The van der Waals surface area contributed by atoms with Crippen LogP contribution in [-0.2, 0) is 12.8 Å². The predicted octanol–water partition coefficient (Wildman–Crippen LogP) is 6.29. The molecule has 2 aromatic rings. The third kappa shape index (κ3) is 5.93. The van der Waals surface area contributed by atoms with Gasteiger partial charge in [-0.25, -0.2) is 4.39 Å². The Morgan fingerprint density at radius 1 is 1.08 bits per heavy atom. The van der Waals surface area contributed by atoms with E-state index in [-0.39, 0.29) is 24.5 Å². The maximum absolute atomic E-state index is 15.0. The van der Waals surface area contributed by atoms with Gasteiger partial charge in [-0.15, -0.1) is 0 Å². The van der Waals surface area contributed by atoms with E-state index in [0.717, 1.165) is 36.5 Å². The number of ether oxygens (including phenoxy) is 3. The van der Waals surface area contributed by atoms with E-state index in [2.05, 4.69) is 10.3 Å². The van der Waals surface area contributed by atoms with Gasteiger partial charge in [-0.3, -0.25) is 9.98 Å². The van der Waals surface area contributed by atoms with E-state index in [1.54, 1.807) is 0 Å². The summed E-state index contributed by atoms with van der Waals surface area (Å²) >= 11 is 0. The first-order valence-corrected chi connectivity index (χ1v) is 12.4. The van der Waals surface area contributed by atoms with Crippen molar-refractivity contribution in [3.8, 4) is 17.2 Å². The number of nitrogens with one attached hydrogen (secondary N) is 1. The first-order chi connectivity index (χ1) is 17.5. The summed E-state index contributed by atoms with van der Waals surface area (Å²) in [4.78, 5) is 8.57. The zero-order valence-corrected chi connectivity index (χ0v) is 21.5. The normalized spacial score (nSPS) is 24.0. The van der Waals surface area contributed by atoms with E-state index in [4.69, 9.17) is 19.2 Å². The highest BCUT2D eigenvalue weighted by Crippen LogP contribution is 2.43. The molecule has 1 N–H and O–H groups in total. The summed E-state index contributed by atoms with van der Waals surface area (Å²) in [6, 6.07) is 5.82. The molecule has 2 aliphatic rings. The number of nitrogens with zero attached hydrogens (tertiary/aromatic N) is 2. The minimum absolute atomic E-state index is 0.00960. The average molecular weight is 524 g/mol.